The Morgan fingerprint density at radius 3 is 2.48 bits per heavy atom. The zero-order valence-electron chi connectivity index (χ0n) is 11.3. The fraction of sp³-hybridized carbons (Fsp3) is 0.0556. The Bertz CT molecular complexity index is 799. The predicted octanol–water partition coefficient (Wildman–Crippen LogP) is 5.05. The zero-order chi connectivity index (χ0) is 14.2. The highest BCUT2D eigenvalue weighted by atomic mass is 35.5. The Kier molecular flexibility index (Phi) is 2.90. The Balaban J connectivity index is 1.93. The van der Waals surface area contributed by atoms with Gasteiger partial charge in [0.2, 0.25) is 0 Å². The number of benzene rings is 2. The molecule has 0 radical (unpaired) electrons. The maximum Gasteiger partial charge on any atom is 0.129 e. The summed E-state index contributed by atoms with van der Waals surface area (Å²) in [6.45, 7) is 0.806. The van der Waals surface area contributed by atoms with Crippen LogP contribution >= 0.6 is 11.6 Å². The van der Waals surface area contributed by atoms with Gasteiger partial charge in [0.15, 0.2) is 0 Å². The lowest BCUT2D eigenvalue weighted by Gasteiger charge is -2.32. The molecule has 0 saturated carbocycles. The van der Waals surface area contributed by atoms with E-state index < -0.39 is 0 Å². The first-order chi connectivity index (χ1) is 10.3. The van der Waals surface area contributed by atoms with Crippen molar-refractivity contribution in [2.75, 3.05) is 4.90 Å². The average Bonchev–Trinajstić information content (AvgIpc) is 2.55. The lowest BCUT2D eigenvalue weighted by atomic mass is 9.98. The number of pyridine rings is 1. The highest BCUT2D eigenvalue weighted by Gasteiger charge is 2.23. The van der Waals surface area contributed by atoms with E-state index in [0.29, 0.717) is 5.15 Å². The SMILES string of the molecule is Clc1ccc2c(n1)-c1ccccc1N(c1ccccc1)C2. The van der Waals surface area contributed by atoms with Gasteiger partial charge in [0, 0.05) is 11.3 Å². The number of halogens is 1. The average molecular weight is 293 g/mol. The highest BCUT2D eigenvalue weighted by molar-refractivity contribution is 6.29. The number of aromatic nitrogens is 1. The lowest BCUT2D eigenvalue weighted by Crippen LogP contribution is -2.21. The molecule has 21 heavy (non-hydrogen) atoms. The molecular formula is C18H13ClN2. The third-order valence-corrected chi connectivity index (χ3v) is 4.00. The quantitative estimate of drug-likeness (QED) is 0.583. The first kappa shape index (κ1) is 12.4. The van der Waals surface area contributed by atoms with Gasteiger partial charge in [0.1, 0.15) is 5.15 Å². The molecule has 102 valence electrons. The van der Waals surface area contributed by atoms with Gasteiger partial charge in [-0.05, 0) is 29.8 Å². The number of hydrogen-bond donors (Lipinski definition) is 0. The van der Waals surface area contributed by atoms with Crippen LogP contribution in [0.2, 0.25) is 5.15 Å². The van der Waals surface area contributed by atoms with E-state index in [4.69, 9.17) is 11.6 Å². The van der Waals surface area contributed by atoms with Crippen molar-refractivity contribution in [3.8, 4) is 11.3 Å². The summed E-state index contributed by atoms with van der Waals surface area (Å²) in [5, 5.41) is 0.539. The van der Waals surface area contributed by atoms with Gasteiger partial charge in [-0.15, -0.1) is 0 Å². The molecule has 0 saturated heterocycles. The molecule has 0 fully saturated rings. The molecule has 3 aromatic rings. The molecular weight excluding hydrogens is 280 g/mol. The molecule has 0 spiro atoms. The van der Waals surface area contributed by atoms with E-state index in [2.05, 4.69) is 58.4 Å². The van der Waals surface area contributed by atoms with E-state index in [1.165, 1.54) is 16.9 Å². The molecule has 1 aromatic heterocycles. The van der Waals surface area contributed by atoms with E-state index in [1.54, 1.807) is 0 Å². The molecule has 0 amide bonds. The molecule has 0 N–H and O–H groups in total. The molecule has 0 aliphatic carbocycles. The minimum Gasteiger partial charge on any atom is -0.336 e. The molecule has 1 aliphatic heterocycles. The van der Waals surface area contributed by atoms with Gasteiger partial charge < -0.3 is 4.90 Å². The molecule has 2 aromatic carbocycles. The molecule has 2 heterocycles. The first-order valence-electron chi connectivity index (χ1n) is 6.90. The van der Waals surface area contributed by atoms with Crippen LogP contribution in [0.25, 0.3) is 11.3 Å². The van der Waals surface area contributed by atoms with Gasteiger partial charge >= 0.3 is 0 Å². The number of rotatable bonds is 1. The van der Waals surface area contributed by atoms with E-state index in [-0.39, 0.29) is 0 Å². The molecule has 1 aliphatic rings. The molecule has 0 unspecified atom stereocenters. The van der Waals surface area contributed by atoms with Crippen molar-refractivity contribution in [1.29, 1.82) is 0 Å². The van der Waals surface area contributed by atoms with E-state index in [9.17, 15) is 0 Å². The van der Waals surface area contributed by atoms with Crippen LogP contribution in [0.3, 0.4) is 0 Å². The molecule has 0 atom stereocenters. The van der Waals surface area contributed by atoms with E-state index >= 15 is 0 Å². The summed E-state index contributed by atoms with van der Waals surface area (Å²) in [5.41, 5.74) is 5.67. The first-order valence-corrected chi connectivity index (χ1v) is 7.28. The molecule has 0 bridgehead atoms. The summed E-state index contributed by atoms with van der Waals surface area (Å²) >= 11 is 6.07. The number of fused-ring (bicyclic) bond motifs is 3. The van der Waals surface area contributed by atoms with Crippen molar-refractivity contribution in [3.63, 3.8) is 0 Å². The van der Waals surface area contributed by atoms with Crippen molar-refractivity contribution in [1.82, 2.24) is 4.98 Å². The minimum atomic E-state index is 0.539. The largest absolute Gasteiger partial charge is 0.336 e. The van der Waals surface area contributed by atoms with Gasteiger partial charge in [-0.25, -0.2) is 4.98 Å². The van der Waals surface area contributed by atoms with Crippen LogP contribution in [-0.2, 0) is 6.54 Å². The van der Waals surface area contributed by atoms with Crippen LogP contribution in [0.15, 0.2) is 66.7 Å². The van der Waals surface area contributed by atoms with Crippen molar-refractivity contribution >= 4 is 23.0 Å². The molecule has 2 nitrogen and oxygen atoms in total. The summed E-state index contributed by atoms with van der Waals surface area (Å²) in [7, 11) is 0. The summed E-state index contributed by atoms with van der Waals surface area (Å²) in [6, 6.07) is 22.7. The monoisotopic (exact) mass is 292 g/mol. The Hall–Kier alpha value is -2.32. The second-order valence-electron chi connectivity index (χ2n) is 5.08. The number of nitrogens with zero attached hydrogens (tertiary/aromatic N) is 2. The topological polar surface area (TPSA) is 16.1 Å². The maximum absolute atomic E-state index is 6.07. The summed E-state index contributed by atoms with van der Waals surface area (Å²) in [4.78, 5) is 6.83. The lowest BCUT2D eigenvalue weighted by molar-refractivity contribution is 0.947. The summed E-state index contributed by atoms with van der Waals surface area (Å²) in [6.07, 6.45) is 0. The van der Waals surface area contributed by atoms with Crippen LogP contribution in [-0.4, -0.2) is 4.98 Å². The summed E-state index contributed by atoms with van der Waals surface area (Å²) in [5.74, 6) is 0. The second-order valence-corrected chi connectivity index (χ2v) is 5.47. The molecule has 3 heteroatoms. The fourth-order valence-electron chi connectivity index (χ4n) is 2.83. The Labute approximate surface area is 128 Å². The van der Waals surface area contributed by atoms with Crippen molar-refractivity contribution in [3.05, 3.63) is 77.4 Å². The van der Waals surface area contributed by atoms with E-state index in [1.807, 2.05) is 18.2 Å². The van der Waals surface area contributed by atoms with Gasteiger partial charge in [0.05, 0.1) is 17.9 Å². The van der Waals surface area contributed by atoms with Crippen LogP contribution < -0.4 is 4.90 Å². The zero-order valence-corrected chi connectivity index (χ0v) is 12.1. The van der Waals surface area contributed by atoms with Gasteiger partial charge in [-0.1, -0.05) is 54.1 Å². The van der Waals surface area contributed by atoms with Crippen LogP contribution in [0, 0.1) is 0 Å². The minimum absolute atomic E-state index is 0.539. The Morgan fingerprint density at radius 2 is 1.62 bits per heavy atom. The summed E-state index contributed by atoms with van der Waals surface area (Å²) < 4.78 is 0. The van der Waals surface area contributed by atoms with Gasteiger partial charge in [0.25, 0.3) is 0 Å². The second kappa shape index (κ2) is 4.90. The normalized spacial score (nSPS) is 12.7. The van der Waals surface area contributed by atoms with Gasteiger partial charge in [-0.3, -0.25) is 0 Å². The smallest absolute Gasteiger partial charge is 0.129 e. The number of anilines is 2. The third-order valence-electron chi connectivity index (χ3n) is 3.79. The number of para-hydroxylation sites is 2. The molecule has 4 rings (SSSR count). The van der Waals surface area contributed by atoms with Gasteiger partial charge in [-0.2, -0.15) is 0 Å². The van der Waals surface area contributed by atoms with Crippen molar-refractivity contribution in [2.45, 2.75) is 6.54 Å². The standard InChI is InChI=1S/C18H13ClN2/c19-17-11-10-13-12-21(14-6-2-1-3-7-14)16-9-5-4-8-15(16)18(13)20-17/h1-11H,12H2. The fourth-order valence-corrected chi connectivity index (χ4v) is 2.98. The third kappa shape index (κ3) is 2.08. The highest BCUT2D eigenvalue weighted by Crippen LogP contribution is 2.41. The van der Waals surface area contributed by atoms with Crippen LogP contribution in [0.5, 0.6) is 0 Å². The van der Waals surface area contributed by atoms with Crippen molar-refractivity contribution < 1.29 is 0 Å². The van der Waals surface area contributed by atoms with Crippen LogP contribution in [0.4, 0.5) is 11.4 Å². The van der Waals surface area contributed by atoms with E-state index in [0.717, 1.165) is 17.8 Å². The van der Waals surface area contributed by atoms with Crippen molar-refractivity contribution in [2.24, 2.45) is 0 Å². The number of hydrogen-bond acceptors (Lipinski definition) is 2. The Morgan fingerprint density at radius 1 is 0.857 bits per heavy atom. The predicted molar refractivity (Wildman–Crippen MR) is 87.0 cm³/mol. The van der Waals surface area contributed by atoms with Crippen LogP contribution in [0.1, 0.15) is 5.56 Å². The maximum atomic E-state index is 6.07.